The van der Waals surface area contributed by atoms with Gasteiger partial charge in [-0.3, -0.25) is 9.89 Å². The van der Waals surface area contributed by atoms with Crippen molar-refractivity contribution in [2.24, 2.45) is 5.92 Å². The van der Waals surface area contributed by atoms with Gasteiger partial charge >= 0.3 is 0 Å². The fourth-order valence-corrected chi connectivity index (χ4v) is 2.72. The fourth-order valence-electron chi connectivity index (χ4n) is 2.72. The van der Waals surface area contributed by atoms with E-state index < -0.39 is 0 Å². The van der Waals surface area contributed by atoms with Crippen molar-refractivity contribution in [3.63, 3.8) is 0 Å². The summed E-state index contributed by atoms with van der Waals surface area (Å²) in [7, 11) is 2.14. The van der Waals surface area contributed by atoms with Gasteiger partial charge in [0.15, 0.2) is 0 Å². The lowest BCUT2D eigenvalue weighted by molar-refractivity contribution is -0.0335. The van der Waals surface area contributed by atoms with Crippen LogP contribution in [0.1, 0.15) is 23.3 Å². The topological polar surface area (TPSA) is 61.5 Å². The maximum absolute atomic E-state index is 12.3. The predicted octanol–water partition coefficient (Wildman–Crippen LogP) is 0.592. The Morgan fingerprint density at radius 2 is 2.40 bits per heavy atom. The van der Waals surface area contributed by atoms with E-state index in [0.29, 0.717) is 25.4 Å². The number of aromatic nitrogens is 2. The monoisotopic (exact) mass is 278 g/mol. The summed E-state index contributed by atoms with van der Waals surface area (Å²) in [5.41, 5.74) is 0.553. The molecular weight excluding hydrogens is 256 g/mol. The lowest BCUT2D eigenvalue weighted by Crippen LogP contribution is -2.49. The molecule has 0 radical (unpaired) electrons. The highest BCUT2D eigenvalue weighted by Crippen LogP contribution is 2.29. The number of rotatable bonds is 5. The molecule has 1 N–H and O–H groups in total. The van der Waals surface area contributed by atoms with E-state index in [0.717, 1.165) is 19.0 Å². The van der Waals surface area contributed by atoms with Crippen LogP contribution in [0.25, 0.3) is 0 Å². The van der Waals surface area contributed by atoms with Gasteiger partial charge in [-0.15, -0.1) is 0 Å². The Bertz CT molecular complexity index is 444. The summed E-state index contributed by atoms with van der Waals surface area (Å²) in [5.74, 6) is 0.895. The number of aromatic amines is 1. The Morgan fingerprint density at radius 3 is 3.10 bits per heavy atom. The molecule has 1 atom stereocenters. The number of hydrogen-bond acceptors (Lipinski definition) is 4. The molecular formula is C14H22N4O2. The molecule has 1 aromatic rings. The van der Waals surface area contributed by atoms with Crippen molar-refractivity contribution in [2.45, 2.75) is 18.9 Å². The third kappa shape index (κ3) is 3.37. The first-order valence-electron chi connectivity index (χ1n) is 7.31. The molecule has 1 saturated heterocycles. The first-order valence-corrected chi connectivity index (χ1v) is 7.31. The maximum Gasteiger partial charge on any atom is 0.272 e. The van der Waals surface area contributed by atoms with Crippen LogP contribution in [0.5, 0.6) is 0 Å². The van der Waals surface area contributed by atoms with Gasteiger partial charge in [0.1, 0.15) is 5.69 Å². The smallest absolute Gasteiger partial charge is 0.272 e. The Morgan fingerprint density at radius 1 is 1.55 bits per heavy atom. The molecule has 1 aromatic heterocycles. The molecule has 0 unspecified atom stereocenters. The molecule has 3 rings (SSSR count). The zero-order valence-electron chi connectivity index (χ0n) is 11.9. The Kier molecular flexibility index (Phi) is 4.03. The van der Waals surface area contributed by atoms with Gasteiger partial charge in [-0.25, -0.2) is 0 Å². The van der Waals surface area contributed by atoms with E-state index in [2.05, 4.69) is 22.1 Å². The zero-order chi connectivity index (χ0) is 13.9. The van der Waals surface area contributed by atoms with Crippen LogP contribution in [0.2, 0.25) is 0 Å². The summed E-state index contributed by atoms with van der Waals surface area (Å²) in [6.45, 7) is 3.97. The van der Waals surface area contributed by atoms with E-state index in [4.69, 9.17) is 4.74 Å². The second-order valence-electron chi connectivity index (χ2n) is 5.88. The number of carbonyl (C=O) groups is 1. The number of amides is 1. The van der Waals surface area contributed by atoms with Crippen molar-refractivity contribution in [1.82, 2.24) is 20.0 Å². The molecule has 6 nitrogen and oxygen atoms in total. The van der Waals surface area contributed by atoms with E-state index in [-0.39, 0.29) is 12.0 Å². The van der Waals surface area contributed by atoms with Gasteiger partial charge in [-0.1, -0.05) is 0 Å². The largest absolute Gasteiger partial charge is 0.373 e. The molecule has 0 bridgehead atoms. The van der Waals surface area contributed by atoms with Crippen molar-refractivity contribution >= 4 is 5.91 Å². The third-order valence-corrected chi connectivity index (χ3v) is 3.94. The molecule has 1 aliphatic carbocycles. The van der Waals surface area contributed by atoms with Crippen LogP contribution in [-0.4, -0.2) is 71.8 Å². The first kappa shape index (κ1) is 13.6. The molecule has 2 aliphatic rings. The average Bonchev–Trinajstić information content (AvgIpc) is 3.08. The minimum Gasteiger partial charge on any atom is -0.373 e. The highest BCUT2D eigenvalue weighted by atomic mass is 16.5. The van der Waals surface area contributed by atoms with Gasteiger partial charge in [-0.05, 0) is 31.9 Å². The summed E-state index contributed by atoms with van der Waals surface area (Å²) >= 11 is 0. The molecule has 2 heterocycles. The average molecular weight is 278 g/mol. The van der Waals surface area contributed by atoms with Gasteiger partial charge < -0.3 is 14.5 Å². The van der Waals surface area contributed by atoms with Gasteiger partial charge in [0.2, 0.25) is 0 Å². The SMILES string of the molecule is CN(CC1CC1)C[C@H]1CN(C(=O)c2ccn[nH]2)CCO1. The standard InChI is InChI=1S/C14H22N4O2/c1-17(8-11-2-3-11)9-12-10-18(6-7-20-12)14(19)13-4-5-15-16-13/h4-5,11-12H,2-3,6-10H2,1H3,(H,15,16)/t12-/m0/s1. The number of carbonyl (C=O) groups excluding carboxylic acids is 1. The number of nitrogens with zero attached hydrogens (tertiary/aromatic N) is 3. The molecule has 2 fully saturated rings. The molecule has 110 valence electrons. The fraction of sp³-hybridized carbons (Fsp3) is 0.714. The predicted molar refractivity (Wildman–Crippen MR) is 74.5 cm³/mol. The second kappa shape index (κ2) is 5.93. The second-order valence-corrected chi connectivity index (χ2v) is 5.88. The van der Waals surface area contributed by atoms with Gasteiger partial charge in [0, 0.05) is 32.4 Å². The summed E-state index contributed by atoms with van der Waals surface area (Å²) in [6.07, 6.45) is 4.44. The molecule has 1 saturated carbocycles. The van der Waals surface area contributed by atoms with Crippen LogP contribution in [0, 0.1) is 5.92 Å². The normalized spacial score (nSPS) is 23.3. The molecule has 0 spiro atoms. The van der Waals surface area contributed by atoms with Crippen molar-refractivity contribution in [3.8, 4) is 0 Å². The minimum absolute atomic E-state index is 0.0145. The van der Waals surface area contributed by atoms with Gasteiger partial charge in [0.05, 0.1) is 12.7 Å². The van der Waals surface area contributed by atoms with Crippen LogP contribution >= 0.6 is 0 Å². The highest BCUT2D eigenvalue weighted by molar-refractivity contribution is 5.92. The zero-order valence-corrected chi connectivity index (χ0v) is 11.9. The van der Waals surface area contributed by atoms with Crippen molar-refractivity contribution in [2.75, 3.05) is 39.8 Å². The van der Waals surface area contributed by atoms with Gasteiger partial charge in [0.25, 0.3) is 5.91 Å². The number of ether oxygens (including phenoxy) is 1. The van der Waals surface area contributed by atoms with E-state index >= 15 is 0 Å². The Labute approximate surface area is 119 Å². The molecule has 1 amide bonds. The summed E-state index contributed by atoms with van der Waals surface area (Å²) in [5, 5.41) is 6.56. The van der Waals surface area contributed by atoms with Crippen LogP contribution in [0.4, 0.5) is 0 Å². The van der Waals surface area contributed by atoms with Gasteiger partial charge in [-0.2, -0.15) is 5.10 Å². The van der Waals surface area contributed by atoms with Crippen molar-refractivity contribution in [1.29, 1.82) is 0 Å². The van der Waals surface area contributed by atoms with Crippen LogP contribution in [0.15, 0.2) is 12.3 Å². The molecule has 0 aromatic carbocycles. The number of hydrogen-bond donors (Lipinski definition) is 1. The van der Waals surface area contributed by atoms with Crippen LogP contribution in [-0.2, 0) is 4.74 Å². The van der Waals surface area contributed by atoms with Crippen LogP contribution in [0.3, 0.4) is 0 Å². The minimum atomic E-state index is 0.0145. The number of H-pyrrole nitrogens is 1. The molecule has 20 heavy (non-hydrogen) atoms. The third-order valence-electron chi connectivity index (χ3n) is 3.94. The van der Waals surface area contributed by atoms with Crippen molar-refractivity contribution < 1.29 is 9.53 Å². The lowest BCUT2D eigenvalue weighted by Gasteiger charge is -2.34. The van der Waals surface area contributed by atoms with E-state index in [1.807, 2.05) is 4.90 Å². The van der Waals surface area contributed by atoms with Crippen LogP contribution < -0.4 is 0 Å². The van der Waals surface area contributed by atoms with E-state index in [1.165, 1.54) is 12.8 Å². The summed E-state index contributed by atoms with van der Waals surface area (Å²) < 4.78 is 5.79. The Hall–Kier alpha value is -1.40. The summed E-state index contributed by atoms with van der Waals surface area (Å²) in [6, 6.07) is 1.71. The number of nitrogens with one attached hydrogen (secondary N) is 1. The highest BCUT2D eigenvalue weighted by Gasteiger charge is 2.28. The first-order chi connectivity index (χ1) is 9.72. The molecule has 1 aliphatic heterocycles. The van der Waals surface area contributed by atoms with E-state index in [1.54, 1.807) is 12.3 Å². The van der Waals surface area contributed by atoms with Crippen molar-refractivity contribution in [3.05, 3.63) is 18.0 Å². The summed E-state index contributed by atoms with van der Waals surface area (Å²) in [4.78, 5) is 16.4. The lowest BCUT2D eigenvalue weighted by atomic mass is 10.2. The number of morpholine rings is 1. The quantitative estimate of drug-likeness (QED) is 0.856. The van der Waals surface area contributed by atoms with E-state index in [9.17, 15) is 4.79 Å². The number of likely N-dealkylation sites (N-methyl/N-ethyl adjacent to an activating group) is 1. The maximum atomic E-state index is 12.3. The molecule has 6 heteroatoms. The Balaban J connectivity index is 1.51.